The number of carboxylic acids is 2. The number of aliphatic carboxylic acids is 1. The second kappa shape index (κ2) is 7.56. The van der Waals surface area contributed by atoms with Crippen LogP contribution in [0.4, 0.5) is 0 Å². The summed E-state index contributed by atoms with van der Waals surface area (Å²) in [7, 11) is 0. The van der Waals surface area contributed by atoms with Crippen LogP contribution in [0, 0.1) is 13.8 Å². The molecule has 0 aliphatic carbocycles. The summed E-state index contributed by atoms with van der Waals surface area (Å²) in [5, 5.41) is 18.6. The molecule has 28 heavy (non-hydrogen) atoms. The van der Waals surface area contributed by atoms with E-state index in [1.807, 2.05) is 0 Å². The van der Waals surface area contributed by atoms with E-state index < -0.39 is 24.0 Å². The molecule has 7 heteroatoms. The maximum atomic E-state index is 12.2. The van der Waals surface area contributed by atoms with Crippen LogP contribution < -0.4 is 10.4 Å². The number of hydrogen-bond acceptors (Lipinski definition) is 5. The van der Waals surface area contributed by atoms with Gasteiger partial charge in [-0.05, 0) is 49.2 Å². The fourth-order valence-corrected chi connectivity index (χ4v) is 2.99. The van der Waals surface area contributed by atoms with Crippen molar-refractivity contribution in [2.45, 2.75) is 26.9 Å². The molecule has 3 aromatic rings. The largest absolute Gasteiger partial charge is 0.488 e. The molecule has 2 aromatic carbocycles. The standard InChI is InChI=1S/C21H18O7/c1-11-15-7-8-17(27-10-13-3-5-14(6-4-13)20(24)25)12(2)19(15)28-21(26)16(11)9-18(22)23/h3-8H,9-10H2,1-2H3,(H,22,23)(H,24,25). The van der Waals surface area contributed by atoms with Gasteiger partial charge in [0.1, 0.15) is 17.9 Å². The fraction of sp³-hybridized carbons (Fsp3) is 0.190. The number of carboxylic acid groups (broad SMARTS) is 2. The molecular weight excluding hydrogens is 364 g/mol. The monoisotopic (exact) mass is 382 g/mol. The molecule has 0 unspecified atom stereocenters. The van der Waals surface area contributed by atoms with Gasteiger partial charge >= 0.3 is 17.6 Å². The molecule has 0 spiro atoms. The minimum atomic E-state index is -1.10. The van der Waals surface area contributed by atoms with E-state index in [2.05, 4.69) is 0 Å². The van der Waals surface area contributed by atoms with Gasteiger partial charge in [0.05, 0.1) is 17.5 Å². The molecule has 0 atom stereocenters. The first-order chi connectivity index (χ1) is 13.3. The molecule has 3 rings (SSSR count). The van der Waals surface area contributed by atoms with Gasteiger partial charge in [0.15, 0.2) is 0 Å². The van der Waals surface area contributed by atoms with Crippen LogP contribution in [0.15, 0.2) is 45.6 Å². The second-order valence-corrected chi connectivity index (χ2v) is 6.42. The molecule has 1 heterocycles. The van der Waals surface area contributed by atoms with Crippen LogP contribution >= 0.6 is 0 Å². The summed E-state index contributed by atoms with van der Waals surface area (Å²) in [6, 6.07) is 9.81. The SMILES string of the molecule is Cc1c(CC(=O)O)c(=O)oc2c(C)c(OCc3ccc(C(=O)O)cc3)ccc12. The summed E-state index contributed by atoms with van der Waals surface area (Å²) < 4.78 is 11.2. The number of aryl methyl sites for hydroxylation is 2. The zero-order chi connectivity index (χ0) is 20.4. The summed E-state index contributed by atoms with van der Waals surface area (Å²) in [5.74, 6) is -1.57. The summed E-state index contributed by atoms with van der Waals surface area (Å²) in [5.41, 5.74) is 2.01. The van der Waals surface area contributed by atoms with Crippen LogP contribution in [-0.4, -0.2) is 22.2 Å². The van der Waals surface area contributed by atoms with E-state index in [9.17, 15) is 14.4 Å². The Balaban J connectivity index is 1.91. The van der Waals surface area contributed by atoms with Gasteiger partial charge in [-0.2, -0.15) is 0 Å². The van der Waals surface area contributed by atoms with Crippen molar-refractivity contribution in [1.29, 1.82) is 0 Å². The van der Waals surface area contributed by atoms with Crippen molar-refractivity contribution in [2.24, 2.45) is 0 Å². The molecule has 0 aliphatic rings. The lowest BCUT2D eigenvalue weighted by molar-refractivity contribution is -0.136. The van der Waals surface area contributed by atoms with E-state index in [4.69, 9.17) is 19.4 Å². The van der Waals surface area contributed by atoms with Crippen molar-refractivity contribution >= 4 is 22.9 Å². The molecule has 0 saturated heterocycles. The van der Waals surface area contributed by atoms with Crippen molar-refractivity contribution in [1.82, 2.24) is 0 Å². The number of ether oxygens (including phenoxy) is 1. The molecule has 0 fully saturated rings. The van der Waals surface area contributed by atoms with E-state index in [1.165, 1.54) is 12.1 Å². The first-order valence-electron chi connectivity index (χ1n) is 8.50. The van der Waals surface area contributed by atoms with E-state index in [-0.39, 0.29) is 17.7 Å². The molecule has 0 radical (unpaired) electrons. The maximum absolute atomic E-state index is 12.2. The molecule has 0 saturated carbocycles. The van der Waals surface area contributed by atoms with Crippen LogP contribution in [0.25, 0.3) is 11.0 Å². The Labute approximate surface area is 159 Å². The van der Waals surface area contributed by atoms with E-state index in [0.717, 1.165) is 5.56 Å². The highest BCUT2D eigenvalue weighted by molar-refractivity contribution is 5.87. The third kappa shape index (κ3) is 3.73. The number of benzene rings is 2. The Morgan fingerprint density at radius 3 is 2.29 bits per heavy atom. The van der Waals surface area contributed by atoms with Gasteiger partial charge < -0.3 is 19.4 Å². The zero-order valence-electron chi connectivity index (χ0n) is 15.3. The predicted octanol–water partition coefficient (Wildman–Crippen LogP) is 3.31. The maximum Gasteiger partial charge on any atom is 0.340 e. The summed E-state index contributed by atoms with van der Waals surface area (Å²) in [6.45, 7) is 3.67. The van der Waals surface area contributed by atoms with Crippen molar-refractivity contribution in [3.63, 3.8) is 0 Å². The summed E-state index contributed by atoms with van der Waals surface area (Å²) in [6.07, 6.45) is -0.395. The van der Waals surface area contributed by atoms with E-state index >= 15 is 0 Å². The van der Waals surface area contributed by atoms with Crippen LogP contribution in [-0.2, 0) is 17.8 Å². The number of hydrogen-bond donors (Lipinski definition) is 2. The zero-order valence-corrected chi connectivity index (χ0v) is 15.3. The fourth-order valence-electron chi connectivity index (χ4n) is 2.99. The Kier molecular flexibility index (Phi) is 5.17. The Morgan fingerprint density at radius 2 is 1.68 bits per heavy atom. The molecule has 0 aliphatic heterocycles. The average Bonchev–Trinajstić information content (AvgIpc) is 2.65. The van der Waals surface area contributed by atoms with Crippen LogP contribution in [0.2, 0.25) is 0 Å². The smallest absolute Gasteiger partial charge is 0.340 e. The topological polar surface area (TPSA) is 114 Å². The number of fused-ring (bicyclic) bond motifs is 1. The number of carbonyl (C=O) groups is 2. The molecule has 0 bridgehead atoms. The first-order valence-corrected chi connectivity index (χ1v) is 8.50. The predicted molar refractivity (Wildman–Crippen MR) is 101 cm³/mol. The normalized spacial score (nSPS) is 10.8. The van der Waals surface area contributed by atoms with Crippen molar-refractivity contribution < 1.29 is 29.0 Å². The minimum Gasteiger partial charge on any atom is -0.488 e. The van der Waals surface area contributed by atoms with Gasteiger partial charge in [-0.1, -0.05) is 12.1 Å². The number of aromatic carboxylic acids is 1. The third-order valence-corrected chi connectivity index (χ3v) is 4.58. The van der Waals surface area contributed by atoms with Gasteiger partial charge in [0.2, 0.25) is 0 Å². The second-order valence-electron chi connectivity index (χ2n) is 6.42. The Morgan fingerprint density at radius 1 is 1.00 bits per heavy atom. The summed E-state index contributed by atoms with van der Waals surface area (Å²) >= 11 is 0. The highest BCUT2D eigenvalue weighted by Gasteiger charge is 2.17. The Hall–Kier alpha value is -3.61. The van der Waals surface area contributed by atoms with E-state index in [0.29, 0.717) is 27.8 Å². The van der Waals surface area contributed by atoms with Gasteiger partial charge in [-0.15, -0.1) is 0 Å². The lowest BCUT2D eigenvalue weighted by Gasteiger charge is -2.13. The highest BCUT2D eigenvalue weighted by Crippen LogP contribution is 2.30. The van der Waals surface area contributed by atoms with Crippen molar-refractivity contribution in [2.75, 3.05) is 0 Å². The van der Waals surface area contributed by atoms with E-state index in [1.54, 1.807) is 38.1 Å². The van der Waals surface area contributed by atoms with Gasteiger partial charge in [-0.25, -0.2) is 9.59 Å². The van der Waals surface area contributed by atoms with Crippen LogP contribution in [0.5, 0.6) is 5.75 Å². The molecule has 0 amide bonds. The van der Waals surface area contributed by atoms with Gasteiger partial charge in [0, 0.05) is 10.9 Å². The van der Waals surface area contributed by atoms with Crippen LogP contribution in [0.3, 0.4) is 0 Å². The highest BCUT2D eigenvalue weighted by atomic mass is 16.5. The molecular formula is C21H18O7. The van der Waals surface area contributed by atoms with Crippen molar-refractivity contribution in [3.8, 4) is 5.75 Å². The summed E-state index contributed by atoms with van der Waals surface area (Å²) in [4.78, 5) is 34.1. The third-order valence-electron chi connectivity index (χ3n) is 4.58. The molecule has 144 valence electrons. The van der Waals surface area contributed by atoms with Gasteiger partial charge in [-0.3, -0.25) is 4.79 Å². The molecule has 7 nitrogen and oxygen atoms in total. The molecule has 2 N–H and O–H groups in total. The first kappa shape index (κ1) is 19.2. The average molecular weight is 382 g/mol. The lowest BCUT2D eigenvalue weighted by Crippen LogP contribution is -2.15. The van der Waals surface area contributed by atoms with Crippen LogP contribution in [0.1, 0.15) is 32.6 Å². The van der Waals surface area contributed by atoms with Gasteiger partial charge in [0.25, 0.3) is 0 Å². The lowest BCUT2D eigenvalue weighted by atomic mass is 10.0. The minimum absolute atomic E-state index is 0.131. The Bertz CT molecular complexity index is 1120. The molecule has 1 aromatic heterocycles. The quantitative estimate of drug-likeness (QED) is 0.629. The number of rotatable bonds is 6. The van der Waals surface area contributed by atoms with Crippen molar-refractivity contribution in [3.05, 3.63) is 74.6 Å².